The molecule has 0 saturated carbocycles. The van der Waals surface area contributed by atoms with E-state index in [1.165, 1.54) is 78.0 Å². The molecular weight excluding hydrogens is 484 g/mol. The molecule has 2 heteroatoms. The van der Waals surface area contributed by atoms with Crippen molar-refractivity contribution < 1.29 is 0 Å². The molecule has 2 nitrogen and oxygen atoms in total. The number of aromatic amines is 1. The second-order valence-corrected chi connectivity index (χ2v) is 12.0. The van der Waals surface area contributed by atoms with E-state index in [0.29, 0.717) is 0 Å². The van der Waals surface area contributed by atoms with E-state index >= 15 is 0 Å². The van der Waals surface area contributed by atoms with Crippen molar-refractivity contribution in [3.63, 3.8) is 0 Å². The number of nitrogens with zero attached hydrogens (tertiary/aromatic N) is 1. The lowest BCUT2D eigenvalue weighted by molar-refractivity contribution is 1.05. The van der Waals surface area contributed by atoms with Gasteiger partial charge in [0.05, 0.1) is 5.70 Å². The first kappa shape index (κ1) is 27.6. The number of benzene rings is 3. The summed E-state index contributed by atoms with van der Waals surface area (Å²) in [5.41, 5.74) is 21.6. The van der Waals surface area contributed by atoms with E-state index in [-0.39, 0.29) is 0 Å². The first-order valence-corrected chi connectivity index (χ1v) is 14.4. The van der Waals surface area contributed by atoms with Crippen LogP contribution in [0.15, 0.2) is 71.4 Å². The van der Waals surface area contributed by atoms with Crippen LogP contribution in [0.25, 0.3) is 5.57 Å². The number of aryl methyl sites for hydroxylation is 9. The maximum Gasteiger partial charge on any atom is 0.0733 e. The molecule has 0 fully saturated rings. The fraction of sp³-hybridized carbons (Fsp3) is 0.289. The molecule has 1 aromatic heterocycles. The molecule has 3 aromatic carbocycles. The van der Waals surface area contributed by atoms with Crippen LogP contribution in [0.1, 0.15) is 78.1 Å². The van der Waals surface area contributed by atoms with Crippen molar-refractivity contribution >= 4 is 11.3 Å². The largest absolute Gasteiger partial charge is 0.358 e. The summed E-state index contributed by atoms with van der Waals surface area (Å²) in [4.78, 5) is 9.05. The monoisotopic (exact) mass is 526 g/mol. The Labute approximate surface area is 240 Å². The zero-order valence-electron chi connectivity index (χ0n) is 25.6. The highest BCUT2D eigenvalue weighted by Crippen LogP contribution is 2.35. The first-order chi connectivity index (χ1) is 19.0. The number of hydrogen-bond donors (Lipinski definition) is 1. The van der Waals surface area contributed by atoms with Gasteiger partial charge in [0.25, 0.3) is 0 Å². The van der Waals surface area contributed by atoms with Crippen LogP contribution in [-0.2, 0) is 12.8 Å². The second kappa shape index (κ2) is 10.9. The minimum Gasteiger partial charge on any atom is -0.358 e. The van der Waals surface area contributed by atoms with Gasteiger partial charge in [0.2, 0.25) is 0 Å². The second-order valence-electron chi connectivity index (χ2n) is 12.0. The maximum atomic E-state index is 5.24. The molecule has 0 saturated heterocycles. The Morgan fingerprint density at radius 2 is 1.05 bits per heavy atom. The van der Waals surface area contributed by atoms with Gasteiger partial charge in [0.1, 0.15) is 0 Å². The molecule has 204 valence electrons. The van der Waals surface area contributed by atoms with Crippen LogP contribution in [0.3, 0.4) is 0 Å². The van der Waals surface area contributed by atoms with Crippen molar-refractivity contribution in [3.8, 4) is 0 Å². The molecule has 0 aliphatic carbocycles. The molecule has 2 heterocycles. The van der Waals surface area contributed by atoms with E-state index in [4.69, 9.17) is 4.99 Å². The van der Waals surface area contributed by atoms with Crippen molar-refractivity contribution in [2.24, 2.45) is 4.99 Å². The fourth-order valence-electron chi connectivity index (χ4n) is 6.66. The normalized spacial score (nSPS) is 14.2. The number of hydrogen-bond acceptors (Lipinski definition) is 1. The summed E-state index contributed by atoms with van der Waals surface area (Å²) in [6.45, 7) is 19.8. The lowest BCUT2D eigenvalue weighted by Gasteiger charge is -2.16. The predicted molar refractivity (Wildman–Crippen MR) is 172 cm³/mol. The van der Waals surface area contributed by atoms with Gasteiger partial charge in [-0.25, -0.2) is 0 Å². The van der Waals surface area contributed by atoms with Gasteiger partial charge in [0.15, 0.2) is 0 Å². The summed E-state index contributed by atoms with van der Waals surface area (Å²) >= 11 is 0. The molecule has 0 spiro atoms. The summed E-state index contributed by atoms with van der Waals surface area (Å²) < 4.78 is 0. The average molecular weight is 527 g/mol. The predicted octanol–water partition coefficient (Wildman–Crippen LogP) is 9.39. The minimum absolute atomic E-state index is 0.846. The Kier molecular flexibility index (Phi) is 7.55. The topological polar surface area (TPSA) is 28.1 Å². The quantitative estimate of drug-likeness (QED) is 0.259. The first-order valence-electron chi connectivity index (χ1n) is 14.4. The lowest BCUT2D eigenvalue weighted by atomic mass is 9.91. The van der Waals surface area contributed by atoms with Crippen molar-refractivity contribution in [1.82, 2.24) is 4.98 Å². The Hall–Kier alpha value is -3.91. The minimum atomic E-state index is 0.846. The van der Waals surface area contributed by atoms with E-state index in [1.54, 1.807) is 0 Å². The third kappa shape index (κ3) is 5.54. The van der Waals surface area contributed by atoms with E-state index in [1.807, 2.05) is 0 Å². The van der Waals surface area contributed by atoms with Crippen LogP contribution in [0, 0.1) is 62.3 Å². The maximum absolute atomic E-state index is 5.24. The summed E-state index contributed by atoms with van der Waals surface area (Å²) in [5, 5.41) is 0. The molecule has 40 heavy (non-hydrogen) atoms. The number of nitrogens with one attached hydrogen (secondary N) is 1. The number of allylic oxidation sites excluding steroid dienone is 2. The van der Waals surface area contributed by atoms with Crippen LogP contribution >= 0.6 is 0 Å². The van der Waals surface area contributed by atoms with Crippen molar-refractivity contribution in [2.45, 2.75) is 75.2 Å². The lowest BCUT2D eigenvalue weighted by Crippen LogP contribution is -2.03. The molecule has 4 aromatic rings. The van der Waals surface area contributed by atoms with E-state index < -0.39 is 0 Å². The van der Waals surface area contributed by atoms with E-state index in [0.717, 1.165) is 29.9 Å². The molecule has 5 rings (SSSR count). The standard InChI is InChI=1S/C38H42N2/c1-22-14-25(4)33(26(5)15-22)20-31-10-12-35(39-31)38(37-29(8)18-24(3)19-30(37)9)36-13-11-32(40-36)21-34-27(6)16-23(2)17-28(34)7/h10-19,39H,20-21H2,1-9H3/b38-36+. The molecule has 1 aliphatic rings. The van der Waals surface area contributed by atoms with Gasteiger partial charge in [0, 0.05) is 35.5 Å². The van der Waals surface area contributed by atoms with Crippen molar-refractivity contribution in [2.75, 3.05) is 0 Å². The Morgan fingerprint density at radius 1 is 0.575 bits per heavy atom. The Morgan fingerprint density at radius 3 is 1.57 bits per heavy atom. The Bertz CT molecular complexity index is 1650. The molecule has 1 aliphatic heterocycles. The SMILES string of the molecule is Cc1cc(C)c(CC2=N/C(=C(\c3ccc(Cc4c(C)cc(C)cc4C)[nH]3)c3c(C)cc(C)cc3C)C=C2)c(C)c1. The van der Waals surface area contributed by atoms with Gasteiger partial charge in [-0.2, -0.15) is 0 Å². The summed E-state index contributed by atoms with van der Waals surface area (Å²) in [5.74, 6) is 0. The van der Waals surface area contributed by atoms with Gasteiger partial charge in [-0.1, -0.05) is 53.1 Å². The van der Waals surface area contributed by atoms with Crippen LogP contribution in [0.5, 0.6) is 0 Å². The fourth-order valence-corrected chi connectivity index (χ4v) is 6.66. The molecular formula is C38H42N2. The molecule has 0 radical (unpaired) electrons. The molecule has 1 N–H and O–H groups in total. The summed E-state index contributed by atoms with van der Waals surface area (Å²) in [7, 11) is 0. The van der Waals surface area contributed by atoms with Crippen LogP contribution in [0.4, 0.5) is 0 Å². The molecule has 0 amide bonds. The highest BCUT2D eigenvalue weighted by atomic mass is 14.8. The molecule has 0 bridgehead atoms. The average Bonchev–Trinajstić information content (AvgIpc) is 3.50. The third-order valence-electron chi connectivity index (χ3n) is 8.30. The van der Waals surface area contributed by atoms with Gasteiger partial charge in [-0.3, -0.25) is 4.99 Å². The van der Waals surface area contributed by atoms with E-state index in [2.05, 4.69) is 128 Å². The Balaban J connectivity index is 1.59. The van der Waals surface area contributed by atoms with Crippen LogP contribution in [-0.4, -0.2) is 10.7 Å². The van der Waals surface area contributed by atoms with E-state index in [9.17, 15) is 0 Å². The third-order valence-corrected chi connectivity index (χ3v) is 8.30. The molecule has 0 atom stereocenters. The highest BCUT2D eigenvalue weighted by Gasteiger charge is 2.20. The van der Waals surface area contributed by atoms with Gasteiger partial charge >= 0.3 is 0 Å². The number of H-pyrrole nitrogens is 1. The van der Waals surface area contributed by atoms with Crippen LogP contribution < -0.4 is 0 Å². The summed E-state index contributed by atoms with van der Waals surface area (Å²) in [6.07, 6.45) is 6.15. The van der Waals surface area contributed by atoms with Crippen molar-refractivity contribution in [3.05, 3.63) is 145 Å². The van der Waals surface area contributed by atoms with Gasteiger partial charge in [-0.15, -0.1) is 0 Å². The van der Waals surface area contributed by atoms with Crippen LogP contribution in [0.2, 0.25) is 0 Å². The van der Waals surface area contributed by atoms with Gasteiger partial charge < -0.3 is 4.98 Å². The highest BCUT2D eigenvalue weighted by molar-refractivity contribution is 6.02. The number of rotatable bonds is 6. The number of aromatic nitrogens is 1. The molecule has 0 unspecified atom stereocenters. The summed E-state index contributed by atoms with van der Waals surface area (Å²) in [6, 6.07) is 18.2. The zero-order valence-corrected chi connectivity index (χ0v) is 25.6. The zero-order chi connectivity index (χ0) is 28.7. The smallest absolute Gasteiger partial charge is 0.0733 e. The number of aliphatic imine (C=N–C) groups is 1. The van der Waals surface area contributed by atoms with Crippen molar-refractivity contribution in [1.29, 1.82) is 0 Å². The van der Waals surface area contributed by atoms with Gasteiger partial charge in [-0.05, 0) is 137 Å².